The molecule has 6 heteroatoms. The molecule has 1 aromatic heterocycles. The van der Waals surface area contributed by atoms with Crippen molar-refractivity contribution in [3.8, 4) is 11.5 Å². The van der Waals surface area contributed by atoms with E-state index in [-0.39, 0.29) is 24.4 Å². The Labute approximate surface area is 126 Å². The first-order valence-corrected chi connectivity index (χ1v) is 6.92. The number of benzene rings is 1. The van der Waals surface area contributed by atoms with Crippen molar-refractivity contribution >= 4 is 16.9 Å². The Kier molecular flexibility index (Phi) is 3.52. The van der Waals surface area contributed by atoms with Crippen LogP contribution in [0.15, 0.2) is 27.4 Å². The van der Waals surface area contributed by atoms with Crippen molar-refractivity contribution in [2.24, 2.45) is 5.92 Å². The summed E-state index contributed by atoms with van der Waals surface area (Å²) in [5.41, 5.74) is 0.576. The predicted molar refractivity (Wildman–Crippen MR) is 78.5 cm³/mol. The van der Waals surface area contributed by atoms with Crippen LogP contribution in [0.2, 0.25) is 0 Å². The smallest absolute Gasteiger partial charge is 0.336 e. The molecule has 2 aromatic rings. The van der Waals surface area contributed by atoms with E-state index in [0.717, 1.165) is 0 Å². The Morgan fingerprint density at radius 2 is 1.95 bits per heavy atom. The zero-order valence-electron chi connectivity index (χ0n) is 12.5. The topological polar surface area (TPSA) is 75.0 Å². The van der Waals surface area contributed by atoms with Crippen molar-refractivity contribution < 1.29 is 23.4 Å². The zero-order valence-corrected chi connectivity index (χ0v) is 12.5. The number of fused-ring (bicyclic) bond motifs is 1. The average Bonchev–Trinajstić information content (AvgIpc) is 2.85. The van der Waals surface area contributed by atoms with E-state index in [0.29, 0.717) is 28.0 Å². The molecule has 0 N–H and O–H groups in total. The van der Waals surface area contributed by atoms with Gasteiger partial charge in [0.15, 0.2) is 11.5 Å². The Morgan fingerprint density at radius 1 is 1.18 bits per heavy atom. The van der Waals surface area contributed by atoms with Crippen LogP contribution in [-0.2, 0) is 9.53 Å². The van der Waals surface area contributed by atoms with Gasteiger partial charge in [-0.15, -0.1) is 0 Å². The van der Waals surface area contributed by atoms with Gasteiger partial charge >= 0.3 is 11.6 Å². The van der Waals surface area contributed by atoms with Gasteiger partial charge in [-0.25, -0.2) is 4.79 Å². The molecule has 0 amide bonds. The van der Waals surface area contributed by atoms with Crippen molar-refractivity contribution in [1.82, 2.24) is 0 Å². The molecule has 3 rings (SSSR count). The summed E-state index contributed by atoms with van der Waals surface area (Å²) in [6.07, 6.45) is 0. The molecule has 0 spiro atoms. The minimum Gasteiger partial charge on any atom is -0.493 e. The van der Waals surface area contributed by atoms with Crippen LogP contribution in [0.5, 0.6) is 11.5 Å². The molecule has 0 radical (unpaired) electrons. The van der Waals surface area contributed by atoms with Gasteiger partial charge in [0.05, 0.1) is 26.7 Å². The van der Waals surface area contributed by atoms with Crippen molar-refractivity contribution in [3.05, 3.63) is 34.2 Å². The van der Waals surface area contributed by atoms with E-state index in [1.165, 1.54) is 20.3 Å². The Balaban J connectivity index is 2.35. The second-order valence-corrected chi connectivity index (χ2v) is 5.22. The molecule has 6 nitrogen and oxygen atoms in total. The molecule has 116 valence electrons. The lowest BCUT2D eigenvalue weighted by molar-refractivity contribution is -0.140. The molecule has 2 heterocycles. The number of ether oxygens (including phenoxy) is 3. The molecule has 0 aliphatic carbocycles. The summed E-state index contributed by atoms with van der Waals surface area (Å²) in [5, 5.41) is 0.707. The summed E-state index contributed by atoms with van der Waals surface area (Å²) >= 11 is 0. The van der Waals surface area contributed by atoms with Gasteiger partial charge < -0.3 is 18.6 Å². The highest BCUT2D eigenvalue weighted by Gasteiger charge is 2.38. The fraction of sp³-hybridized carbons (Fsp3) is 0.375. The quantitative estimate of drug-likeness (QED) is 0.638. The van der Waals surface area contributed by atoms with Crippen LogP contribution in [-0.4, -0.2) is 26.8 Å². The molecule has 2 unspecified atom stereocenters. The van der Waals surface area contributed by atoms with E-state index >= 15 is 0 Å². The summed E-state index contributed by atoms with van der Waals surface area (Å²) < 4.78 is 21.3. The number of rotatable bonds is 3. The standard InChI is InChI=1S/C16H16O6/c1-8-10(7-21-16(8)18)13-14-9(4-5-12(17)22-14)6-11(19-2)15(13)20-3/h4-6,8,10H,7H2,1-3H3. The van der Waals surface area contributed by atoms with Crippen molar-refractivity contribution in [3.63, 3.8) is 0 Å². The molecular formula is C16H16O6. The summed E-state index contributed by atoms with van der Waals surface area (Å²) in [4.78, 5) is 23.3. The number of methoxy groups -OCH3 is 2. The first-order valence-electron chi connectivity index (χ1n) is 6.92. The van der Waals surface area contributed by atoms with Crippen molar-refractivity contribution in [2.75, 3.05) is 20.8 Å². The van der Waals surface area contributed by atoms with Gasteiger partial charge in [-0.1, -0.05) is 6.92 Å². The van der Waals surface area contributed by atoms with Crippen molar-refractivity contribution in [1.29, 1.82) is 0 Å². The molecule has 1 aliphatic rings. The number of cyclic esters (lactones) is 1. The second kappa shape index (κ2) is 5.36. The molecule has 0 saturated carbocycles. The second-order valence-electron chi connectivity index (χ2n) is 5.22. The number of carbonyl (C=O) groups is 1. The van der Waals surface area contributed by atoms with Gasteiger partial charge in [-0.05, 0) is 12.1 Å². The monoisotopic (exact) mass is 304 g/mol. The van der Waals surface area contributed by atoms with Crippen LogP contribution in [0, 0.1) is 5.92 Å². The Hall–Kier alpha value is -2.50. The van der Waals surface area contributed by atoms with Gasteiger partial charge in [0.1, 0.15) is 5.58 Å². The summed E-state index contributed by atoms with van der Waals surface area (Å²) in [5.74, 6) is 0.0894. The van der Waals surface area contributed by atoms with E-state index in [4.69, 9.17) is 18.6 Å². The number of hydrogen-bond donors (Lipinski definition) is 0. The first-order chi connectivity index (χ1) is 10.6. The highest BCUT2D eigenvalue weighted by atomic mass is 16.5. The van der Waals surface area contributed by atoms with Crippen molar-refractivity contribution in [2.45, 2.75) is 12.8 Å². The SMILES string of the molecule is COc1cc2ccc(=O)oc2c(C2COC(=O)C2C)c1OC. The maximum atomic E-state index is 11.7. The lowest BCUT2D eigenvalue weighted by atomic mass is 9.87. The predicted octanol–water partition coefficient (Wildman–Crippen LogP) is 2.09. The van der Waals surface area contributed by atoms with E-state index in [9.17, 15) is 9.59 Å². The van der Waals surface area contributed by atoms with Crippen LogP contribution < -0.4 is 15.1 Å². The highest BCUT2D eigenvalue weighted by molar-refractivity contribution is 5.87. The zero-order chi connectivity index (χ0) is 15.9. The van der Waals surface area contributed by atoms with Gasteiger partial charge in [0, 0.05) is 22.9 Å². The summed E-state index contributed by atoms with van der Waals surface area (Å²) in [7, 11) is 3.04. The van der Waals surface area contributed by atoms with Crippen LogP contribution in [0.4, 0.5) is 0 Å². The summed E-state index contributed by atoms with van der Waals surface area (Å²) in [6.45, 7) is 2.00. The van der Waals surface area contributed by atoms with Crippen LogP contribution in [0.3, 0.4) is 0 Å². The van der Waals surface area contributed by atoms with Gasteiger partial charge in [-0.2, -0.15) is 0 Å². The third kappa shape index (κ3) is 2.11. The largest absolute Gasteiger partial charge is 0.493 e. The number of esters is 1. The fourth-order valence-electron chi connectivity index (χ4n) is 2.84. The van der Waals surface area contributed by atoms with Crippen LogP contribution in [0.1, 0.15) is 18.4 Å². The number of carbonyl (C=O) groups excluding carboxylic acids is 1. The van der Waals surface area contributed by atoms with Crippen LogP contribution >= 0.6 is 0 Å². The fourth-order valence-corrected chi connectivity index (χ4v) is 2.84. The van der Waals surface area contributed by atoms with Gasteiger partial charge in [-0.3, -0.25) is 4.79 Å². The molecule has 22 heavy (non-hydrogen) atoms. The molecule has 1 saturated heterocycles. The van der Waals surface area contributed by atoms with Gasteiger partial charge in [0.2, 0.25) is 0 Å². The first kappa shape index (κ1) is 14.4. The summed E-state index contributed by atoms with van der Waals surface area (Å²) in [6, 6.07) is 4.75. The minimum absolute atomic E-state index is 0.219. The number of hydrogen-bond acceptors (Lipinski definition) is 6. The van der Waals surface area contributed by atoms with E-state index in [1.54, 1.807) is 19.1 Å². The van der Waals surface area contributed by atoms with Gasteiger partial charge in [0.25, 0.3) is 0 Å². The molecule has 1 fully saturated rings. The molecule has 1 aromatic carbocycles. The maximum absolute atomic E-state index is 11.7. The normalized spacial score (nSPS) is 21.0. The van der Waals surface area contributed by atoms with Crippen LogP contribution in [0.25, 0.3) is 11.0 Å². The van der Waals surface area contributed by atoms with E-state index in [2.05, 4.69) is 0 Å². The molecular weight excluding hydrogens is 288 g/mol. The lowest BCUT2D eigenvalue weighted by Crippen LogP contribution is -2.13. The van der Waals surface area contributed by atoms with E-state index in [1.807, 2.05) is 0 Å². The Morgan fingerprint density at radius 3 is 2.55 bits per heavy atom. The molecule has 0 bridgehead atoms. The third-order valence-electron chi connectivity index (χ3n) is 4.04. The molecule has 2 atom stereocenters. The highest BCUT2D eigenvalue weighted by Crippen LogP contribution is 2.45. The molecule has 1 aliphatic heterocycles. The maximum Gasteiger partial charge on any atom is 0.336 e. The van der Waals surface area contributed by atoms with E-state index < -0.39 is 5.63 Å². The average molecular weight is 304 g/mol. The third-order valence-corrected chi connectivity index (χ3v) is 4.04. The lowest BCUT2D eigenvalue weighted by Gasteiger charge is -2.19. The Bertz CT molecular complexity index is 791. The minimum atomic E-state index is -0.459.